The molecule has 0 aliphatic heterocycles. The van der Waals surface area contributed by atoms with E-state index < -0.39 is 0 Å². The first-order valence-corrected chi connectivity index (χ1v) is 6.89. The minimum Gasteiger partial charge on any atom is -0.300 e. The van der Waals surface area contributed by atoms with Crippen LogP contribution < -0.4 is 0 Å². The quantitative estimate of drug-likeness (QED) is 0.711. The standard InChI is InChI=1S/C16H20O/c17-16-9-8-14-10-13(6-7-15(14)11-16)12-4-2-1-3-5-12/h1-5,13-15H,6-11H2/t13-,14-,15+/m0/s1. The SMILES string of the molecule is O=C1CC[C@H]2C[C@@H](c3ccccc3)CC[C@@H]2C1. The second kappa shape index (κ2) is 4.64. The summed E-state index contributed by atoms with van der Waals surface area (Å²) in [6, 6.07) is 10.9. The molecule has 0 radical (unpaired) electrons. The van der Waals surface area contributed by atoms with Crippen LogP contribution in [0.1, 0.15) is 50.0 Å². The zero-order chi connectivity index (χ0) is 11.7. The first-order chi connectivity index (χ1) is 8.33. The van der Waals surface area contributed by atoms with Crippen LogP contribution in [0.5, 0.6) is 0 Å². The number of ketones is 1. The van der Waals surface area contributed by atoms with Gasteiger partial charge in [0.15, 0.2) is 0 Å². The minimum atomic E-state index is 0.504. The third-order valence-corrected chi connectivity index (χ3v) is 4.69. The molecule has 0 spiro atoms. The van der Waals surface area contributed by atoms with Gasteiger partial charge in [0.25, 0.3) is 0 Å². The van der Waals surface area contributed by atoms with Gasteiger partial charge in [-0.05, 0) is 49.0 Å². The monoisotopic (exact) mass is 228 g/mol. The Balaban J connectivity index is 1.70. The number of rotatable bonds is 1. The Morgan fingerprint density at radius 3 is 2.59 bits per heavy atom. The Hall–Kier alpha value is -1.11. The minimum absolute atomic E-state index is 0.504. The van der Waals surface area contributed by atoms with Crippen molar-refractivity contribution in [3.05, 3.63) is 35.9 Å². The molecule has 1 aromatic rings. The number of carbonyl (C=O) groups excluding carboxylic acids is 1. The van der Waals surface area contributed by atoms with Gasteiger partial charge in [-0.3, -0.25) is 4.79 Å². The molecule has 90 valence electrons. The molecule has 2 aliphatic rings. The number of hydrogen-bond acceptors (Lipinski definition) is 1. The molecule has 2 saturated carbocycles. The molecule has 0 bridgehead atoms. The third-order valence-electron chi connectivity index (χ3n) is 4.69. The molecule has 3 atom stereocenters. The van der Waals surface area contributed by atoms with Gasteiger partial charge in [0.05, 0.1) is 0 Å². The molecule has 0 amide bonds. The molecule has 3 rings (SSSR count). The normalized spacial score (nSPS) is 33.2. The summed E-state index contributed by atoms with van der Waals surface area (Å²) >= 11 is 0. The summed E-state index contributed by atoms with van der Waals surface area (Å²) in [6.45, 7) is 0. The summed E-state index contributed by atoms with van der Waals surface area (Å²) < 4.78 is 0. The topological polar surface area (TPSA) is 17.1 Å². The molecule has 2 fully saturated rings. The van der Waals surface area contributed by atoms with E-state index in [2.05, 4.69) is 30.3 Å². The fraction of sp³-hybridized carbons (Fsp3) is 0.562. The van der Waals surface area contributed by atoms with E-state index in [0.29, 0.717) is 11.7 Å². The fourth-order valence-electron chi connectivity index (χ4n) is 3.72. The van der Waals surface area contributed by atoms with Gasteiger partial charge in [-0.2, -0.15) is 0 Å². The molecule has 0 saturated heterocycles. The van der Waals surface area contributed by atoms with Crippen LogP contribution in [0.3, 0.4) is 0 Å². The van der Waals surface area contributed by atoms with E-state index in [4.69, 9.17) is 0 Å². The Kier molecular flexibility index (Phi) is 3.00. The van der Waals surface area contributed by atoms with Crippen LogP contribution in [0.4, 0.5) is 0 Å². The van der Waals surface area contributed by atoms with Gasteiger partial charge >= 0.3 is 0 Å². The summed E-state index contributed by atoms with van der Waals surface area (Å²) in [7, 11) is 0. The maximum absolute atomic E-state index is 11.5. The molecular formula is C16H20O. The zero-order valence-corrected chi connectivity index (χ0v) is 10.3. The second-order valence-corrected chi connectivity index (χ2v) is 5.72. The lowest BCUT2D eigenvalue weighted by molar-refractivity contribution is -0.123. The molecule has 2 aliphatic carbocycles. The largest absolute Gasteiger partial charge is 0.300 e. The molecule has 1 nitrogen and oxygen atoms in total. The molecule has 0 N–H and O–H groups in total. The van der Waals surface area contributed by atoms with Crippen LogP contribution in [0, 0.1) is 11.8 Å². The van der Waals surface area contributed by atoms with Crippen LogP contribution in [0.2, 0.25) is 0 Å². The maximum atomic E-state index is 11.5. The van der Waals surface area contributed by atoms with Gasteiger partial charge in [0.2, 0.25) is 0 Å². The smallest absolute Gasteiger partial charge is 0.133 e. The first kappa shape index (κ1) is 11.0. The van der Waals surface area contributed by atoms with Gasteiger partial charge in [0, 0.05) is 12.8 Å². The van der Waals surface area contributed by atoms with E-state index in [-0.39, 0.29) is 0 Å². The number of benzene rings is 1. The van der Waals surface area contributed by atoms with Crippen molar-refractivity contribution in [1.82, 2.24) is 0 Å². The van der Waals surface area contributed by atoms with E-state index >= 15 is 0 Å². The highest BCUT2D eigenvalue weighted by atomic mass is 16.1. The predicted molar refractivity (Wildman–Crippen MR) is 68.9 cm³/mol. The van der Waals surface area contributed by atoms with E-state index in [0.717, 1.165) is 31.1 Å². The highest BCUT2D eigenvalue weighted by Gasteiger charge is 2.35. The lowest BCUT2D eigenvalue weighted by Gasteiger charge is -2.38. The van der Waals surface area contributed by atoms with Crippen molar-refractivity contribution in [2.24, 2.45) is 11.8 Å². The second-order valence-electron chi connectivity index (χ2n) is 5.72. The third kappa shape index (κ3) is 2.29. The van der Waals surface area contributed by atoms with Crippen LogP contribution in [-0.2, 0) is 4.79 Å². The molecule has 0 aromatic heterocycles. The maximum Gasteiger partial charge on any atom is 0.133 e. The Morgan fingerprint density at radius 2 is 1.76 bits per heavy atom. The summed E-state index contributed by atoms with van der Waals surface area (Å²) in [5, 5.41) is 0. The van der Waals surface area contributed by atoms with Crippen molar-refractivity contribution in [1.29, 1.82) is 0 Å². The molecule has 0 unspecified atom stereocenters. The van der Waals surface area contributed by atoms with Crippen LogP contribution in [0.25, 0.3) is 0 Å². The van der Waals surface area contributed by atoms with Crippen molar-refractivity contribution in [2.75, 3.05) is 0 Å². The highest BCUT2D eigenvalue weighted by molar-refractivity contribution is 5.79. The molecule has 1 heteroatoms. The van der Waals surface area contributed by atoms with E-state index in [1.165, 1.54) is 24.8 Å². The van der Waals surface area contributed by atoms with E-state index in [9.17, 15) is 4.79 Å². The first-order valence-electron chi connectivity index (χ1n) is 6.89. The molecule has 1 aromatic carbocycles. The van der Waals surface area contributed by atoms with Crippen molar-refractivity contribution in [3.63, 3.8) is 0 Å². The van der Waals surface area contributed by atoms with Gasteiger partial charge in [0.1, 0.15) is 5.78 Å². The van der Waals surface area contributed by atoms with Gasteiger partial charge in [-0.25, -0.2) is 0 Å². The van der Waals surface area contributed by atoms with E-state index in [1.807, 2.05) is 0 Å². The Bertz CT molecular complexity index is 395. The lowest BCUT2D eigenvalue weighted by atomic mass is 9.66. The zero-order valence-electron chi connectivity index (χ0n) is 10.3. The average Bonchev–Trinajstić information content (AvgIpc) is 2.39. The molecular weight excluding hydrogens is 208 g/mol. The Morgan fingerprint density at radius 1 is 0.941 bits per heavy atom. The molecule has 17 heavy (non-hydrogen) atoms. The summed E-state index contributed by atoms with van der Waals surface area (Å²) in [5.41, 5.74) is 1.50. The van der Waals surface area contributed by atoms with Crippen molar-refractivity contribution in [3.8, 4) is 0 Å². The highest BCUT2D eigenvalue weighted by Crippen LogP contribution is 2.45. The fourth-order valence-corrected chi connectivity index (χ4v) is 3.72. The van der Waals surface area contributed by atoms with Gasteiger partial charge < -0.3 is 0 Å². The number of carbonyl (C=O) groups is 1. The van der Waals surface area contributed by atoms with Crippen LogP contribution in [-0.4, -0.2) is 5.78 Å². The van der Waals surface area contributed by atoms with Gasteiger partial charge in [-0.1, -0.05) is 30.3 Å². The lowest BCUT2D eigenvalue weighted by Crippen LogP contribution is -2.30. The van der Waals surface area contributed by atoms with Crippen LogP contribution >= 0.6 is 0 Å². The average molecular weight is 228 g/mol. The van der Waals surface area contributed by atoms with Crippen molar-refractivity contribution in [2.45, 2.75) is 44.4 Å². The van der Waals surface area contributed by atoms with E-state index in [1.54, 1.807) is 0 Å². The number of Topliss-reactive ketones (excluding diaryl/α,β-unsaturated/α-hetero) is 1. The number of hydrogen-bond donors (Lipinski definition) is 0. The van der Waals surface area contributed by atoms with Crippen molar-refractivity contribution >= 4 is 5.78 Å². The van der Waals surface area contributed by atoms with Crippen molar-refractivity contribution < 1.29 is 4.79 Å². The summed E-state index contributed by atoms with van der Waals surface area (Å²) in [6.07, 6.45) is 6.69. The van der Waals surface area contributed by atoms with Crippen LogP contribution in [0.15, 0.2) is 30.3 Å². The Labute approximate surface area is 103 Å². The summed E-state index contributed by atoms with van der Waals surface area (Å²) in [5.74, 6) is 2.76. The predicted octanol–water partition coefficient (Wildman–Crippen LogP) is 3.94. The van der Waals surface area contributed by atoms with Gasteiger partial charge in [-0.15, -0.1) is 0 Å². The number of fused-ring (bicyclic) bond motifs is 1. The molecule has 0 heterocycles. The summed E-state index contributed by atoms with van der Waals surface area (Å²) in [4.78, 5) is 11.5.